The van der Waals surface area contributed by atoms with Gasteiger partial charge < -0.3 is 15.2 Å². The molecule has 2 N–H and O–H groups in total. The molecule has 0 unspecified atom stereocenters. The zero-order valence-corrected chi connectivity index (χ0v) is 14.5. The Morgan fingerprint density at radius 2 is 1.83 bits per heavy atom. The molecule has 0 bridgehead atoms. The van der Waals surface area contributed by atoms with Crippen molar-refractivity contribution in [2.45, 2.75) is 39.2 Å². The number of nitrogens with one attached hydrogen (secondary N) is 2. The van der Waals surface area contributed by atoms with E-state index in [2.05, 4.69) is 63.1 Å². The Bertz CT molecular complexity index is 564. The predicted molar refractivity (Wildman–Crippen MR) is 98.0 cm³/mol. The summed E-state index contributed by atoms with van der Waals surface area (Å²) in [5, 5.41) is 14.3. The fourth-order valence-corrected chi connectivity index (χ4v) is 2.42. The van der Waals surface area contributed by atoms with E-state index in [9.17, 15) is 0 Å². The lowest BCUT2D eigenvalue weighted by Crippen LogP contribution is -2.37. The van der Waals surface area contributed by atoms with Crippen LogP contribution in [-0.4, -0.2) is 40.4 Å². The molecule has 0 aliphatic rings. The van der Waals surface area contributed by atoms with E-state index in [0.717, 1.165) is 57.8 Å². The molecule has 0 fully saturated rings. The molecule has 0 saturated carbocycles. The molecule has 2 aromatic rings. The van der Waals surface area contributed by atoms with E-state index in [4.69, 9.17) is 0 Å². The predicted octanol–water partition coefficient (Wildman–Crippen LogP) is 2.25. The summed E-state index contributed by atoms with van der Waals surface area (Å²) in [6, 6.07) is 10.6. The molecule has 6 nitrogen and oxygen atoms in total. The molecule has 2 rings (SSSR count). The molecule has 0 atom stereocenters. The van der Waals surface area contributed by atoms with E-state index < -0.39 is 0 Å². The van der Waals surface area contributed by atoms with Crippen LogP contribution >= 0.6 is 0 Å². The van der Waals surface area contributed by atoms with Crippen LogP contribution in [-0.2, 0) is 13.0 Å². The average Bonchev–Trinajstić information content (AvgIpc) is 3.12. The summed E-state index contributed by atoms with van der Waals surface area (Å²) in [6.45, 7) is 5.69. The summed E-state index contributed by atoms with van der Waals surface area (Å²) in [5.74, 6) is 0.912. The van der Waals surface area contributed by atoms with Crippen molar-refractivity contribution in [1.82, 2.24) is 25.4 Å². The van der Waals surface area contributed by atoms with Gasteiger partial charge in [0.05, 0.1) is 0 Å². The Morgan fingerprint density at radius 1 is 1.04 bits per heavy atom. The highest BCUT2D eigenvalue weighted by Gasteiger charge is 1.98. The van der Waals surface area contributed by atoms with E-state index in [1.54, 1.807) is 12.7 Å². The number of aryl methyl sites for hydroxylation is 2. The third kappa shape index (κ3) is 7.26. The third-order valence-corrected chi connectivity index (χ3v) is 3.68. The molecule has 24 heavy (non-hydrogen) atoms. The molecule has 1 aromatic heterocycles. The van der Waals surface area contributed by atoms with E-state index in [1.165, 1.54) is 5.56 Å². The van der Waals surface area contributed by atoms with Crippen molar-refractivity contribution in [2.75, 3.05) is 19.6 Å². The van der Waals surface area contributed by atoms with E-state index in [0.29, 0.717) is 0 Å². The van der Waals surface area contributed by atoms with Gasteiger partial charge in [-0.2, -0.15) is 0 Å². The first-order valence-electron chi connectivity index (χ1n) is 8.77. The molecule has 0 aliphatic carbocycles. The fraction of sp³-hybridized carbons (Fsp3) is 0.500. The Labute approximate surface area is 144 Å². The van der Waals surface area contributed by atoms with Gasteiger partial charge in [0.25, 0.3) is 0 Å². The summed E-state index contributed by atoms with van der Waals surface area (Å²) in [7, 11) is 0. The molecule has 130 valence electrons. The van der Waals surface area contributed by atoms with Crippen LogP contribution in [0.25, 0.3) is 0 Å². The van der Waals surface area contributed by atoms with Crippen molar-refractivity contribution < 1.29 is 0 Å². The van der Waals surface area contributed by atoms with Crippen molar-refractivity contribution in [1.29, 1.82) is 0 Å². The van der Waals surface area contributed by atoms with Crippen LogP contribution in [0.2, 0.25) is 0 Å². The number of hydrogen-bond acceptors (Lipinski definition) is 3. The van der Waals surface area contributed by atoms with Crippen LogP contribution in [0.3, 0.4) is 0 Å². The second-order valence-electron chi connectivity index (χ2n) is 5.68. The smallest absolute Gasteiger partial charge is 0.191 e. The number of nitrogens with zero attached hydrogens (tertiary/aromatic N) is 4. The maximum Gasteiger partial charge on any atom is 0.191 e. The molecular weight excluding hydrogens is 300 g/mol. The average molecular weight is 328 g/mol. The number of benzene rings is 1. The maximum atomic E-state index is 4.65. The summed E-state index contributed by atoms with van der Waals surface area (Å²) >= 11 is 0. The Hall–Kier alpha value is -2.37. The van der Waals surface area contributed by atoms with Gasteiger partial charge in [-0.25, -0.2) is 0 Å². The van der Waals surface area contributed by atoms with E-state index in [-0.39, 0.29) is 0 Å². The van der Waals surface area contributed by atoms with Crippen LogP contribution in [0.1, 0.15) is 31.7 Å². The summed E-state index contributed by atoms with van der Waals surface area (Å²) in [5.41, 5.74) is 1.37. The molecule has 0 saturated heterocycles. The van der Waals surface area contributed by atoms with Gasteiger partial charge in [-0.3, -0.25) is 4.99 Å². The second-order valence-corrected chi connectivity index (χ2v) is 5.68. The number of aromatic nitrogens is 3. The topological polar surface area (TPSA) is 67.1 Å². The zero-order valence-electron chi connectivity index (χ0n) is 14.5. The lowest BCUT2D eigenvalue weighted by molar-refractivity contribution is 0.597. The number of hydrogen-bond donors (Lipinski definition) is 2. The minimum absolute atomic E-state index is 0.838. The van der Waals surface area contributed by atoms with Crippen molar-refractivity contribution >= 4 is 5.96 Å². The van der Waals surface area contributed by atoms with Gasteiger partial charge >= 0.3 is 0 Å². The quantitative estimate of drug-likeness (QED) is 0.399. The molecule has 0 radical (unpaired) electrons. The zero-order chi connectivity index (χ0) is 16.9. The van der Waals surface area contributed by atoms with Gasteiger partial charge in [0, 0.05) is 26.2 Å². The largest absolute Gasteiger partial charge is 0.357 e. The highest BCUT2D eigenvalue weighted by Crippen LogP contribution is 2.02. The standard InChI is InChI=1S/C18H28N6/c1-2-19-18(20-12-6-7-14-24-15-22-23-16-24)21-13-8-11-17-9-4-3-5-10-17/h3-5,9-10,15-16H,2,6-8,11-14H2,1H3,(H2,19,20,21). The first-order valence-corrected chi connectivity index (χ1v) is 8.77. The van der Waals surface area contributed by atoms with Gasteiger partial charge in [0.15, 0.2) is 5.96 Å². The van der Waals surface area contributed by atoms with Gasteiger partial charge in [0.1, 0.15) is 12.7 Å². The first kappa shape index (κ1) is 18.0. The summed E-state index contributed by atoms with van der Waals surface area (Å²) in [4.78, 5) is 4.65. The van der Waals surface area contributed by atoms with Gasteiger partial charge in [-0.05, 0) is 38.2 Å². The van der Waals surface area contributed by atoms with Crippen molar-refractivity contribution in [3.8, 4) is 0 Å². The van der Waals surface area contributed by atoms with Crippen molar-refractivity contribution in [3.63, 3.8) is 0 Å². The van der Waals surface area contributed by atoms with Crippen molar-refractivity contribution in [3.05, 3.63) is 48.5 Å². The number of guanidine groups is 1. The summed E-state index contributed by atoms with van der Waals surface area (Å²) < 4.78 is 2.00. The van der Waals surface area contributed by atoms with Crippen LogP contribution in [0.15, 0.2) is 48.0 Å². The molecule has 0 spiro atoms. The minimum Gasteiger partial charge on any atom is -0.357 e. The van der Waals surface area contributed by atoms with E-state index in [1.807, 2.05) is 4.57 Å². The minimum atomic E-state index is 0.838. The second kappa shape index (κ2) is 11.2. The Morgan fingerprint density at radius 3 is 2.58 bits per heavy atom. The van der Waals surface area contributed by atoms with Gasteiger partial charge in [0.2, 0.25) is 0 Å². The van der Waals surface area contributed by atoms with Gasteiger partial charge in [-0.1, -0.05) is 30.3 Å². The maximum absolute atomic E-state index is 4.65. The van der Waals surface area contributed by atoms with Crippen LogP contribution in [0, 0.1) is 0 Å². The monoisotopic (exact) mass is 328 g/mol. The highest BCUT2D eigenvalue weighted by molar-refractivity contribution is 5.79. The molecule has 0 amide bonds. The Balaban J connectivity index is 1.60. The molecular formula is C18H28N6. The number of rotatable bonds is 10. The van der Waals surface area contributed by atoms with Crippen molar-refractivity contribution in [2.24, 2.45) is 4.99 Å². The first-order chi connectivity index (χ1) is 11.9. The lowest BCUT2D eigenvalue weighted by Gasteiger charge is -2.11. The lowest BCUT2D eigenvalue weighted by atomic mass is 10.1. The number of aliphatic imine (C=N–C) groups is 1. The molecule has 1 heterocycles. The Kier molecular flexibility index (Phi) is 8.40. The van der Waals surface area contributed by atoms with Gasteiger partial charge in [-0.15, -0.1) is 10.2 Å². The summed E-state index contributed by atoms with van der Waals surface area (Å²) in [6.07, 6.45) is 7.83. The highest BCUT2D eigenvalue weighted by atomic mass is 15.2. The third-order valence-electron chi connectivity index (χ3n) is 3.68. The number of unbranched alkanes of at least 4 members (excludes halogenated alkanes) is 1. The molecule has 1 aromatic carbocycles. The molecule has 0 aliphatic heterocycles. The fourth-order valence-electron chi connectivity index (χ4n) is 2.42. The normalized spacial score (nSPS) is 11.5. The van der Waals surface area contributed by atoms with Crippen LogP contribution < -0.4 is 10.6 Å². The SMILES string of the molecule is CCNC(=NCCCc1ccccc1)NCCCCn1cnnc1. The van der Waals surface area contributed by atoms with Crippen LogP contribution in [0.5, 0.6) is 0 Å². The molecule has 6 heteroatoms. The van der Waals surface area contributed by atoms with Crippen LogP contribution in [0.4, 0.5) is 0 Å². The van der Waals surface area contributed by atoms with E-state index >= 15 is 0 Å².